The predicted octanol–water partition coefficient (Wildman–Crippen LogP) is 3.01. The fraction of sp³-hybridized carbons (Fsp3) is 0.136. The maximum Gasteiger partial charge on any atom is 0.335 e. The minimum Gasteiger partial charge on any atom is -0.493 e. The van der Waals surface area contributed by atoms with Gasteiger partial charge in [0, 0.05) is 17.7 Å². The number of nitro groups is 1. The summed E-state index contributed by atoms with van der Waals surface area (Å²) in [5.41, 5.74) is 0.488. The molecule has 0 saturated carbocycles. The van der Waals surface area contributed by atoms with Gasteiger partial charge in [0.25, 0.3) is 17.5 Å². The standard InChI is InChI=1S/C22H19N3O7/c1-4-6-14-9-13(11-18(31-2)19(14)32-3)10-17-20(26)23-22(28)24(21(17)27)15-7-5-8-16(12-15)25(29)30/h4-5,7-12H,1,6H2,2-3H3,(H,23,26,28)/b17-10+. The normalized spacial score (nSPS) is 14.9. The Hall–Kier alpha value is -4.47. The highest BCUT2D eigenvalue weighted by Crippen LogP contribution is 2.34. The molecule has 1 N–H and O–H groups in total. The molecule has 32 heavy (non-hydrogen) atoms. The minimum atomic E-state index is -1.00. The van der Waals surface area contributed by atoms with Crippen LogP contribution in [-0.2, 0) is 16.0 Å². The Labute approximate surface area is 182 Å². The Kier molecular flexibility index (Phi) is 6.34. The summed E-state index contributed by atoms with van der Waals surface area (Å²) in [6, 6.07) is 7.27. The smallest absolute Gasteiger partial charge is 0.335 e. The van der Waals surface area contributed by atoms with Crippen LogP contribution in [0.4, 0.5) is 16.2 Å². The van der Waals surface area contributed by atoms with E-state index < -0.39 is 22.8 Å². The number of non-ortho nitro benzene ring substituents is 1. The molecule has 1 aliphatic rings. The van der Waals surface area contributed by atoms with Crippen molar-refractivity contribution in [3.63, 3.8) is 0 Å². The second kappa shape index (κ2) is 9.13. The van der Waals surface area contributed by atoms with E-state index in [1.807, 2.05) is 0 Å². The van der Waals surface area contributed by atoms with Gasteiger partial charge in [0.15, 0.2) is 11.5 Å². The first-order chi connectivity index (χ1) is 15.3. The molecule has 0 spiro atoms. The van der Waals surface area contributed by atoms with Gasteiger partial charge in [-0.2, -0.15) is 0 Å². The number of amides is 4. The Morgan fingerprint density at radius 1 is 1.16 bits per heavy atom. The Balaban J connectivity index is 2.08. The summed E-state index contributed by atoms with van der Waals surface area (Å²) < 4.78 is 10.7. The molecule has 1 saturated heterocycles. The van der Waals surface area contributed by atoms with Crippen LogP contribution in [0.25, 0.3) is 6.08 Å². The summed E-state index contributed by atoms with van der Waals surface area (Å²) in [6.07, 6.45) is 3.41. The number of anilines is 1. The Morgan fingerprint density at radius 2 is 1.91 bits per heavy atom. The van der Waals surface area contributed by atoms with Crippen molar-refractivity contribution in [3.05, 3.63) is 75.9 Å². The van der Waals surface area contributed by atoms with E-state index in [2.05, 4.69) is 11.9 Å². The van der Waals surface area contributed by atoms with E-state index >= 15 is 0 Å². The number of imide groups is 2. The van der Waals surface area contributed by atoms with Crippen molar-refractivity contribution in [2.45, 2.75) is 6.42 Å². The highest BCUT2D eigenvalue weighted by atomic mass is 16.6. The molecule has 0 radical (unpaired) electrons. The fourth-order valence-electron chi connectivity index (χ4n) is 3.26. The van der Waals surface area contributed by atoms with Gasteiger partial charge >= 0.3 is 6.03 Å². The third kappa shape index (κ3) is 4.19. The number of nitro benzene ring substituents is 1. The van der Waals surface area contributed by atoms with E-state index in [1.54, 1.807) is 18.2 Å². The van der Waals surface area contributed by atoms with E-state index in [0.717, 1.165) is 6.07 Å². The molecule has 1 heterocycles. The molecule has 0 bridgehead atoms. The van der Waals surface area contributed by atoms with Gasteiger partial charge in [-0.25, -0.2) is 9.69 Å². The Bertz CT molecular complexity index is 1170. The first-order valence-electron chi connectivity index (χ1n) is 9.32. The predicted molar refractivity (Wildman–Crippen MR) is 116 cm³/mol. The number of methoxy groups -OCH3 is 2. The zero-order chi connectivity index (χ0) is 23.4. The maximum atomic E-state index is 13.1. The largest absolute Gasteiger partial charge is 0.493 e. The van der Waals surface area contributed by atoms with Crippen LogP contribution in [0.2, 0.25) is 0 Å². The molecule has 0 aromatic heterocycles. The lowest BCUT2D eigenvalue weighted by atomic mass is 10.0. The quantitative estimate of drug-likeness (QED) is 0.232. The third-order valence-corrected chi connectivity index (χ3v) is 4.65. The molecular weight excluding hydrogens is 418 g/mol. The number of benzene rings is 2. The van der Waals surface area contributed by atoms with Crippen LogP contribution >= 0.6 is 0 Å². The van der Waals surface area contributed by atoms with Gasteiger partial charge in [0.1, 0.15) is 5.57 Å². The van der Waals surface area contributed by atoms with Crippen molar-refractivity contribution in [1.82, 2.24) is 5.32 Å². The SMILES string of the molecule is C=CCc1cc(/C=C2\C(=O)NC(=O)N(c3cccc([N+](=O)[O-])c3)C2=O)cc(OC)c1OC. The zero-order valence-corrected chi connectivity index (χ0v) is 17.3. The topological polar surface area (TPSA) is 128 Å². The third-order valence-electron chi connectivity index (χ3n) is 4.65. The molecule has 2 aromatic rings. The highest BCUT2D eigenvalue weighted by molar-refractivity contribution is 6.39. The summed E-state index contributed by atoms with van der Waals surface area (Å²) in [4.78, 5) is 48.9. The van der Waals surface area contributed by atoms with Crippen molar-refractivity contribution in [2.75, 3.05) is 19.1 Å². The van der Waals surface area contributed by atoms with Gasteiger partial charge < -0.3 is 9.47 Å². The van der Waals surface area contributed by atoms with Gasteiger partial charge in [-0.15, -0.1) is 6.58 Å². The van der Waals surface area contributed by atoms with E-state index in [1.165, 1.54) is 38.5 Å². The van der Waals surface area contributed by atoms with Crippen LogP contribution in [0, 0.1) is 10.1 Å². The zero-order valence-electron chi connectivity index (χ0n) is 17.3. The van der Waals surface area contributed by atoms with Crippen molar-refractivity contribution >= 4 is 35.3 Å². The number of ether oxygens (including phenoxy) is 2. The van der Waals surface area contributed by atoms with Crippen LogP contribution in [0.5, 0.6) is 11.5 Å². The minimum absolute atomic E-state index is 0.0419. The molecule has 10 heteroatoms. The molecule has 0 aliphatic carbocycles. The summed E-state index contributed by atoms with van der Waals surface area (Å²) in [6.45, 7) is 3.71. The number of allylic oxidation sites excluding steroid dienone is 1. The van der Waals surface area contributed by atoms with Crippen molar-refractivity contribution in [1.29, 1.82) is 0 Å². The molecule has 3 rings (SSSR count). The average Bonchev–Trinajstić information content (AvgIpc) is 2.76. The van der Waals surface area contributed by atoms with Crippen molar-refractivity contribution in [3.8, 4) is 11.5 Å². The van der Waals surface area contributed by atoms with Crippen LogP contribution in [0.15, 0.2) is 54.6 Å². The van der Waals surface area contributed by atoms with Crippen LogP contribution in [0.1, 0.15) is 11.1 Å². The van der Waals surface area contributed by atoms with Gasteiger partial charge in [-0.1, -0.05) is 12.1 Å². The summed E-state index contributed by atoms with van der Waals surface area (Å²) in [7, 11) is 2.94. The number of hydrogen-bond donors (Lipinski definition) is 1. The van der Waals surface area contributed by atoms with Gasteiger partial charge in [-0.05, 0) is 36.3 Å². The van der Waals surface area contributed by atoms with Crippen LogP contribution < -0.4 is 19.7 Å². The maximum absolute atomic E-state index is 13.1. The van der Waals surface area contributed by atoms with E-state index in [0.29, 0.717) is 33.9 Å². The van der Waals surface area contributed by atoms with Crippen LogP contribution in [-0.4, -0.2) is 37.0 Å². The van der Waals surface area contributed by atoms with Crippen molar-refractivity contribution in [2.24, 2.45) is 0 Å². The number of carbonyl (C=O) groups is 3. The highest BCUT2D eigenvalue weighted by Gasteiger charge is 2.37. The number of barbiturate groups is 1. The molecule has 1 fully saturated rings. The molecule has 10 nitrogen and oxygen atoms in total. The number of urea groups is 1. The lowest BCUT2D eigenvalue weighted by molar-refractivity contribution is -0.384. The average molecular weight is 437 g/mol. The van der Waals surface area contributed by atoms with Gasteiger partial charge in [0.2, 0.25) is 0 Å². The van der Waals surface area contributed by atoms with Crippen LogP contribution in [0.3, 0.4) is 0 Å². The number of rotatable bonds is 7. The molecular formula is C22H19N3O7. The summed E-state index contributed by atoms with van der Waals surface area (Å²) in [5.74, 6) is -0.933. The first kappa shape index (κ1) is 22.2. The van der Waals surface area contributed by atoms with Gasteiger partial charge in [-0.3, -0.25) is 25.0 Å². The molecule has 164 valence electrons. The van der Waals surface area contributed by atoms with Gasteiger partial charge in [0.05, 0.1) is 24.8 Å². The molecule has 4 amide bonds. The monoisotopic (exact) mass is 437 g/mol. The molecule has 2 aromatic carbocycles. The van der Waals surface area contributed by atoms with E-state index in [9.17, 15) is 24.5 Å². The first-order valence-corrected chi connectivity index (χ1v) is 9.32. The number of nitrogens with zero attached hydrogens (tertiary/aromatic N) is 2. The van der Waals surface area contributed by atoms with E-state index in [4.69, 9.17) is 9.47 Å². The van der Waals surface area contributed by atoms with Crippen molar-refractivity contribution < 1.29 is 28.8 Å². The second-order valence-corrected chi connectivity index (χ2v) is 6.64. The Morgan fingerprint density at radius 3 is 2.53 bits per heavy atom. The number of carbonyl (C=O) groups excluding carboxylic acids is 3. The number of hydrogen-bond acceptors (Lipinski definition) is 7. The van der Waals surface area contributed by atoms with E-state index in [-0.39, 0.29) is 16.9 Å². The molecule has 0 unspecified atom stereocenters. The lowest BCUT2D eigenvalue weighted by Crippen LogP contribution is -2.54. The molecule has 0 atom stereocenters. The summed E-state index contributed by atoms with van der Waals surface area (Å²) >= 11 is 0. The summed E-state index contributed by atoms with van der Waals surface area (Å²) in [5, 5.41) is 13.1. The fourth-order valence-corrected chi connectivity index (χ4v) is 3.26. The number of nitrogens with one attached hydrogen (secondary N) is 1. The molecule has 1 aliphatic heterocycles. The second-order valence-electron chi connectivity index (χ2n) is 6.64. The lowest BCUT2D eigenvalue weighted by Gasteiger charge is -2.26.